The van der Waals surface area contributed by atoms with E-state index in [2.05, 4.69) is 0 Å². The molecule has 0 unspecified atom stereocenters. The van der Waals surface area contributed by atoms with Crippen LogP contribution in [0.1, 0.15) is 42.6 Å². The fourth-order valence-electron chi connectivity index (χ4n) is 2.79. The van der Waals surface area contributed by atoms with E-state index >= 15 is 0 Å². The van der Waals surface area contributed by atoms with Gasteiger partial charge in [-0.25, -0.2) is 13.2 Å². The lowest BCUT2D eigenvalue weighted by atomic mass is 9.92. The third kappa shape index (κ3) is 3.53. The number of nitrogens with zero attached hydrogens (tertiary/aromatic N) is 1. The second-order valence-electron chi connectivity index (χ2n) is 6.11. The number of carboxylic acids is 1. The van der Waals surface area contributed by atoms with Gasteiger partial charge in [-0.2, -0.15) is 4.31 Å². The van der Waals surface area contributed by atoms with Crippen LogP contribution in [0.2, 0.25) is 0 Å². The number of sulfonamides is 1. The highest BCUT2D eigenvalue weighted by molar-refractivity contribution is 7.88. The van der Waals surface area contributed by atoms with Crippen LogP contribution in [0.3, 0.4) is 0 Å². The van der Waals surface area contributed by atoms with Crippen molar-refractivity contribution in [1.29, 1.82) is 0 Å². The summed E-state index contributed by atoms with van der Waals surface area (Å²) in [6.45, 7) is 3.64. The Morgan fingerprint density at radius 3 is 2.64 bits per heavy atom. The summed E-state index contributed by atoms with van der Waals surface area (Å²) in [6, 6.07) is 5.90. The zero-order valence-electron chi connectivity index (χ0n) is 12.6. The van der Waals surface area contributed by atoms with Crippen molar-refractivity contribution in [2.75, 3.05) is 6.54 Å². The van der Waals surface area contributed by atoms with Crippen molar-refractivity contribution in [3.63, 3.8) is 0 Å². The van der Waals surface area contributed by atoms with Crippen molar-refractivity contribution in [1.82, 2.24) is 4.31 Å². The summed E-state index contributed by atoms with van der Waals surface area (Å²) in [7, 11) is -3.62. The van der Waals surface area contributed by atoms with E-state index in [9.17, 15) is 18.0 Å². The molecule has 1 aliphatic heterocycles. The number of Topliss-reactive ketones (excluding diaryl/α,β-unsaturated/α-hetero) is 1. The molecule has 0 aliphatic carbocycles. The maximum Gasteiger partial charge on any atom is 0.335 e. The van der Waals surface area contributed by atoms with E-state index < -0.39 is 21.5 Å². The summed E-state index contributed by atoms with van der Waals surface area (Å²) in [5, 5.41) is 8.97. The van der Waals surface area contributed by atoms with Crippen molar-refractivity contribution in [3.05, 3.63) is 35.4 Å². The van der Waals surface area contributed by atoms with E-state index in [-0.39, 0.29) is 36.5 Å². The molecule has 0 amide bonds. The smallest absolute Gasteiger partial charge is 0.335 e. The molecule has 1 aromatic carbocycles. The Bertz CT molecular complexity index is 708. The number of benzene rings is 1. The second kappa shape index (κ2) is 5.81. The van der Waals surface area contributed by atoms with Crippen LogP contribution in [0.25, 0.3) is 0 Å². The molecule has 1 heterocycles. The molecule has 6 nitrogen and oxygen atoms in total. The van der Waals surface area contributed by atoms with E-state index in [4.69, 9.17) is 5.11 Å². The molecule has 7 heteroatoms. The van der Waals surface area contributed by atoms with Crippen LogP contribution in [0.5, 0.6) is 0 Å². The van der Waals surface area contributed by atoms with Crippen LogP contribution >= 0.6 is 0 Å². The molecule has 22 heavy (non-hydrogen) atoms. The van der Waals surface area contributed by atoms with Gasteiger partial charge in [0.15, 0.2) is 0 Å². The molecule has 0 bridgehead atoms. The van der Waals surface area contributed by atoms with Crippen molar-refractivity contribution in [2.24, 2.45) is 0 Å². The first-order chi connectivity index (χ1) is 10.1. The number of carboxylic acid groups (broad SMARTS) is 1. The molecule has 1 saturated heterocycles. The van der Waals surface area contributed by atoms with E-state index in [1.54, 1.807) is 19.9 Å². The molecule has 1 fully saturated rings. The van der Waals surface area contributed by atoms with Gasteiger partial charge in [0.25, 0.3) is 0 Å². The minimum Gasteiger partial charge on any atom is -0.478 e. The maximum absolute atomic E-state index is 12.6. The maximum atomic E-state index is 12.6. The quantitative estimate of drug-likeness (QED) is 0.909. The summed E-state index contributed by atoms with van der Waals surface area (Å²) in [4.78, 5) is 22.5. The first-order valence-corrected chi connectivity index (χ1v) is 8.57. The largest absolute Gasteiger partial charge is 0.478 e. The van der Waals surface area contributed by atoms with E-state index in [0.29, 0.717) is 5.56 Å². The normalized spacial score (nSPS) is 19.1. The predicted molar refractivity (Wildman–Crippen MR) is 81.1 cm³/mol. The molecule has 0 atom stereocenters. The highest BCUT2D eigenvalue weighted by atomic mass is 32.2. The second-order valence-corrected chi connectivity index (χ2v) is 8.01. The summed E-state index contributed by atoms with van der Waals surface area (Å²) in [5.41, 5.74) is -0.271. The molecule has 0 saturated carbocycles. The Morgan fingerprint density at radius 2 is 2.05 bits per heavy atom. The van der Waals surface area contributed by atoms with Crippen molar-refractivity contribution >= 4 is 21.8 Å². The highest BCUT2D eigenvalue weighted by Gasteiger charge is 2.40. The molecule has 1 aliphatic rings. The molecule has 0 aromatic heterocycles. The Balaban J connectivity index is 2.26. The standard InChI is InChI=1S/C15H19NO5S/c1-15(2)9-13(17)6-7-16(15)22(20,21)10-11-4-3-5-12(8-11)14(18)19/h3-5,8H,6-7,9-10H2,1-2H3,(H,18,19). The fraction of sp³-hybridized carbons (Fsp3) is 0.467. The first-order valence-electron chi connectivity index (χ1n) is 6.96. The molecular weight excluding hydrogens is 306 g/mol. The lowest BCUT2D eigenvalue weighted by Gasteiger charge is -2.40. The molecule has 0 spiro atoms. The van der Waals surface area contributed by atoms with Crippen molar-refractivity contribution < 1.29 is 23.1 Å². The van der Waals surface area contributed by atoms with Crippen LogP contribution in [0.4, 0.5) is 0 Å². The third-order valence-electron chi connectivity index (χ3n) is 3.76. The van der Waals surface area contributed by atoms with Crippen LogP contribution in [-0.4, -0.2) is 41.7 Å². The lowest BCUT2D eigenvalue weighted by Crippen LogP contribution is -2.53. The van der Waals surface area contributed by atoms with Gasteiger partial charge in [0.05, 0.1) is 11.3 Å². The zero-order valence-corrected chi connectivity index (χ0v) is 13.4. The number of hydrogen-bond acceptors (Lipinski definition) is 4. The molecule has 1 aromatic rings. The number of piperidine rings is 1. The molecule has 0 radical (unpaired) electrons. The third-order valence-corrected chi connectivity index (χ3v) is 5.80. The van der Waals surface area contributed by atoms with Gasteiger partial charge < -0.3 is 5.11 Å². The fourth-order valence-corrected chi connectivity index (χ4v) is 4.73. The number of carbonyl (C=O) groups excluding carboxylic acids is 1. The van der Waals surface area contributed by atoms with E-state index in [1.165, 1.54) is 22.5 Å². The Labute approximate surface area is 129 Å². The zero-order chi connectivity index (χ0) is 16.5. The van der Waals surface area contributed by atoms with Gasteiger partial charge in [0, 0.05) is 24.9 Å². The number of rotatable bonds is 4. The Hall–Kier alpha value is -1.73. The monoisotopic (exact) mass is 325 g/mol. The predicted octanol–water partition coefficient (Wildman–Crippen LogP) is 1.66. The lowest BCUT2D eigenvalue weighted by molar-refractivity contribution is -0.123. The van der Waals surface area contributed by atoms with Gasteiger partial charge in [0.2, 0.25) is 10.0 Å². The topological polar surface area (TPSA) is 91.8 Å². The summed E-state index contributed by atoms with van der Waals surface area (Å²) < 4.78 is 26.6. The number of ketones is 1. The summed E-state index contributed by atoms with van der Waals surface area (Å²) in [6.07, 6.45) is 0.416. The van der Waals surface area contributed by atoms with Crippen molar-refractivity contribution in [3.8, 4) is 0 Å². The number of aromatic carboxylic acids is 1. The minimum absolute atomic E-state index is 0.0563. The van der Waals surface area contributed by atoms with E-state index in [1.807, 2.05) is 0 Å². The van der Waals surface area contributed by atoms with Crippen LogP contribution in [0.15, 0.2) is 24.3 Å². The van der Waals surface area contributed by atoms with Crippen LogP contribution < -0.4 is 0 Å². The van der Waals surface area contributed by atoms with Gasteiger partial charge in [-0.1, -0.05) is 12.1 Å². The van der Waals surface area contributed by atoms with E-state index in [0.717, 1.165) is 0 Å². The van der Waals surface area contributed by atoms with Gasteiger partial charge in [-0.05, 0) is 31.5 Å². The molecular formula is C15H19NO5S. The average Bonchev–Trinajstić information content (AvgIpc) is 2.36. The molecule has 2 rings (SSSR count). The number of carbonyl (C=O) groups is 2. The van der Waals surface area contributed by atoms with Gasteiger partial charge >= 0.3 is 5.97 Å². The minimum atomic E-state index is -3.62. The first kappa shape index (κ1) is 16.6. The van der Waals surface area contributed by atoms with Crippen LogP contribution in [0, 0.1) is 0 Å². The van der Waals surface area contributed by atoms with Gasteiger partial charge in [0.1, 0.15) is 5.78 Å². The van der Waals surface area contributed by atoms with Gasteiger partial charge in [-0.3, -0.25) is 4.79 Å². The SMILES string of the molecule is CC1(C)CC(=O)CCN1S(=O)(=O)Cc1cccc(C(=O)O)c1. The number of hydrogen-bond donors (Lipinski definition) is 1. The van der Waals surface area contributed by atoms with Gasteiger partial charge in [-0.15, -0.1) is 0 Å². The summed E-state index contributed by atoms with van der Waals surface area (Å²) >= 11 is 0. The Kier molecular flexibility index (Phi) is 4.39. The van der Waals surface area contributed by atoms with Crippen molar-refractivity contribution in [2.45, 2.75) is 38.0 Å². The molecule has 120 valence electrons. The highest BCUT2D eigenvalue weighted by Crippen LogP contribution is 2.29. The molecule has 1 N–H and O–H groups in total. The average molecular weight is 325 g/mol. The summed E-state index contributed by atoms with van der Waals surface area (Å²) in [5.74, 6) is -1.31. The Morgan fingerprint density at radius 1 is 1.36 bits per heavy atom. The van der Waals surface area contributed by atoms with Crippen LogP contribution in [-0.2, 0) is 20.6 Å².